The van der Waals surface area contributed by atoms with E-state index in [0.29, 0.717) is 25.6 Å². The van der Waals surface area contributed by atoms with E-state index in [2.05, 4.69) is 9.97 Å². The van der Waals surface area contributed by atoms with Gasteiger partial charge < -0.3 is 4.57 Å². The van der Waals surface area contributed by atoms with Crippen molar-refractivity contribution in [3.8, 4) is 0 Å². The zero-order chi connectivity index (χ0) is 19.9. The van der Waals surface area contributed by atoms with Crippen molar-refractivity contribution < 1.29 is 17.2 Å². The van der Waals surface area contributed by atoms with Gasteiger partial charge in [-0.2, -0.15) is 4.31 Å². The lowest BCUT2D eigenvalue weighted by atomic mass is 9.99. The van der Waals surface area contributed by atoms with E-state index in [1.54, 1.807) is 6.20 Å². The van der Waals surface area contributed by atoms with Gasteiger partial charge in [-0.05, 0) is 49.9 Å². The molecule has 1 aliphatic heterocycles. The van der Waals surface area contributed by atoms with Crippen molar-refractivity contribution in [1.82, 2.24) is 18.8 Å². The number of hydrogen-bond acceptors (Lipinski definition) is 4. The van der Waals surface area contributed by atoms with Crippen LogP contribution in [0, 0.1) is 24.5 Å². The summed E-state index contributed by atoms with van der Waals surface area (Å²) < 4.78 is 56.1. The van der Waals surface area contributed by atoms with Crippen LogP contribution in [0.4, 0.5) is 8.78 Å². The average molecular weight is 406 g/mol. The Labute approximate surface area is 161 Å². The summed E-state index contributed by atoms with van der Waals surface area (Å²) in [5.74, 6) is -0.932. The highest BCUT2D eigenvalue weighted by molar-refractivity contribution is 7.89. The van der Waals surface area contributed by atoms with E-state index in [0.717, 1.165) is 35.5 Å². The highest BCUT2D eigenvalue weighted by Crippen LogP contribution is 2.27. The molecule has 0 radical (unpaired) electrons. The first-order valence-electron chi connectivity index (χ1n) is 9.09. The number of aromatic nitrogens is 3. The van der Waals surface area contributed by atoms with E-state index in [1.165, 1.54) is 4.31 Å². The van der Waals surface area contributed by atoms with E-state index < -0.39 is 21.7 Å². The van der Waals surface area contributed by atoms with Crippen LogP contribution in [0.5, 0.6) is 0 Å². The van der Waals surface area contributed by atoms with Crippen LogP contribution in [-0.2, 0) is 16.6 Å². The molecule has 148 valence electrons. The second kappa shape index (κ2) is 7.21. The molecular weight excluding hydrogens is 386 g/mol. The van der Waals surface area contributed by atoms with Crippen molar-refractivity contribution >= 4 is 21.2 Å². The van der Waals surface area contributed by atoms with Crippen LogP contribution in [0.1, 0.15) is 18.7 Å². The van der Waals surface area contributed by atoms with Gasteiger partial charge in [0, 0.05) is 31.9 Å². The fraction of sp³-hybridized carbons (Fsp3) is 0.368. The van der Waals surface area contributed by atoms with Gasteiger partial charge in [0.25, 0.3) is 0 Å². The summed E-state index contributed by atoms with van der Waals surface area (Å²) >= 11 is 0. The Bertz CT molecular complexity index is 1110. The van der Waals surface area contributed by atoms with E-state index >= 15 is 0 Å². The normalized spacial score (nSPS) is 18.6. The average Bonchev–Trinajstić information content (AvgIpc) is 2.97. The summed E-state index contributed by atoms with van der Waals surface area (Å²) in [7, 11) is -3.96. The molecule has 1 saturated heterocycles. The molecule has 1 fully saturated rings. The predicted molar refractivity (Wildman–Crippen MR) is 100 cm³/mol. The van der Waals surface area contributed by atoms with Gasteiger partial charge in [0.1, 0.15) is 23.0 Å². The monoisotopic (exact) mass is 406 g/mol. The zero-order valence-electron chi connectivity index (χ0n) is 15.3. The van der Waals surface area contributed by atoms with E-state index in [4.69, 9.17) is 0 Å². The molecule has 0 spiro atoms. The highest BCUT2D eigenvalue weighted by Gasteiger charge is 2.31. The number of piperidine rings is 1. The summed E-state index contributed by atoms with van der Waals surface area (Å²) in [6, 6.07) is 6.10. The Hall–Kier alpha value is -2.39. The maximum Gasteiger partial charge on any atom is 0.243 e. The summed E-state index contributed by atoms with van der Waals surface area (Å²) in [6.07, 6.45) is 3.24. The second-order valence-electron chi connectivity index (χ2n) is 7.09. The minimum absolute atomic E-state index is 0.0556. The van der Waals surface area contributed by atoms with Gasteiger partial charge in [-0.1, -0.05) is 0 Å². The molecule has 2 aromatic heterocycles. The van der Waals surface area contributed by atoms with E-state index in [1.807, 2.05) is 23.6 Å². The zero-order valence-corrected chi connectivity index (χ0v) is 16.2. The fourth-order valence-corrected chi connectivity index (χ4v) is 5.37. The molecular formula is C19H20F2N4O2S. The first-order valence-corrected chi connectivity index (χ1v) is 10.5. The molecule has 1 aliphatic rings. The summed E-state index contributed by atoms with van der Waals surface area (Å²) in [5, 5.41) is 0. The minimum Gasteiger partial charge on any atom is -0.313 e. The molecule has 0 amide bonds. The number of benzene rings is 1. The molecule has 0 N–H and O–H groups in total. The number of pyridine rings is 1. The largest absolute Gasteiger partial charge is 0.313 e. The van der Waals surface area contributed by atoms with Crippen molar-refractivity contribution in [3.63, 3.8) is 0 Å². The Morgan fingerprint density at radius 2 is 1.96 bits per heavy atom. The number of nitrogens with zero attached hydrogens (tertiary/aromatic N) is 4. The number of halogens is 2. The van der Waals surface area contributed by atoms with Gasteiger partial charge in [0.05, 0.1) is 4.90 Å². The van der Waals surface area contributed by atoms with Crippen molar-refractivity contribution in [3.05, 3.63) is 54.0 Å². The maximum atomic E-state index is 13.5. The van der Waals surface area contributed by atoms with Gasteiger partial charge in [-0.25, -0.2) is 27.2 Å². The lowest BCUT2D eigenvalue weighted by molar-refractivity contribution is 0.245. The number of aryl methyl sites for hydroxylation is 1. The molecule has 0 aliphatic carbocycles. The third-order valence-corrected chi connectivity index (χ3v) is 6.93. The minimum atomic E-state index is -3.96. The van der Waals surface area contributed by atoms with Crippen molar-refractivity contribution in [1.29, 1.82) is 0 Å². The SMILES string of the molecule is Cc1nc2cccnc2n1CC1CCCN(S(=O)(=O)c2cc(F)cc(F)c2)C1. The van der Waals surface area contributed by atoms with Crippen molar-refractivity contribution in [2.75, 3.05) is 13.1 Å². The molecule has 1 aromatic carbocycles. The molecule has 3 aromatic rings. The standard InChI is InChI=1S/C19H20F2N4O2S/c1-13-23-18-5-2-6-22-19(18)25(13)12-14-4-3-7-24(11-14)28(26,27)17-9-15(20)8-16(21)10-17/h2,5-6,8-10,14H,3-4,7,11-12H2,1H3. The van der Waals surface area contributed by atoms with Crippen LogP contribution in [0.2, 0.25) is 0 Å². The Morgan fingerprint density at radius 1 is 1.21 bits per heavy atom. The molecule has 9 heteroatoms. The maximum absolute atomic E-state index is 13.5. The lowest BCUT2D eigenvalue weighted by Gasteiger charge is -2.32. The number of rotatable bonds is 4. The summed E-state index contributed by atoms with van der Waals surface area (Å²) in [5.41, 5.74) is 1.57. The molecule has 6 nitrogen and oxygen atoms in total. The lowest BCUT2D eigenvalue weighted by Crippen LogP contribution is -2.41. The third-order valence-electron chi connectivity index (χ3n) is 5.09. The second-order valence-corrected chi connectivity index (χ2v) is 9.03. The molecule has 3 heterocycles. The predicted octanol–water partition coefficient (Wildman–Crippen LogP) is 3.12. The third kappa shape index (κ3) is 3.51. The van der Waals surface area contributed by atoms with Crippen molar-refractivity contribution in [2.24, 2.45) is 5.92 Å². The number of sulfonamides is 1. The molecule has 4 rings (SSSR count). The Morgan fingerprint density at radius 3 is 2.71 bits per heavy atom. The van der Waals surface area contributed by atoms with Crippen LogP contribution in [0.3, 0.4) is 0 Å². The highest BCUT2D eigenvalue weighted by atomic mass is 32.2. The molecule has 1 atom stereocenters. The van der Waals surface area contributed by atoms with Gasteiger partial charge in [0.2, 0.25) is 10.0 Å². The Balaban J connectivity index is 1.58. The van der Waals surface area contributed by atoms with Gasteiger partial charge in [0.15, 0.2) is 5.65 Å². The van der Waals surface area contributed by atoms with Gasteiger partial charge in [-0.15, -0.1) is 0 Å². The van der Waals surface area contributed by atoms with Gasteiger partial charge >= 0.3 is 0 Å². The van der Waals surface area contributed by atoms with Crippen LogP contribution in [0.25, 0.3) is 11.2 Å². The van der Waals surface area contributed by atoms with E-state index in [-0.39, 0.29) is 17.4 Å². The van der Waals surface area contributed by atoms with Crippen LogP contribution < -0.4 is 0 Å². The molecule has 28 heavy (non-hydrogen) atoms. The number of fused-ring (bicyclic) bond motifs is 1. The smallest absolute Gasteiger partial charge is 0.243 e. The summed E-state index contributed by atoms with van der Waals surface area (Å²) in [4.78, 5) is 8.54. The van der Waals surface area contributed by atoms with E-state index in [9.17, 15) is 17.2 Å². The molecule has 1 unspecified atom stereocenters. The molecule has 0 bridgehead atoms. The van der Waals surface area contributed by atoms with Crippen LogP contribution in [0.15, 0.2) is 41.4 Å². The summed E-state index contributed by atoms with van der Waals surface area (Å²) in [6.45, 7) is 3.10. The van der Waals surface area contributed by atoms with Gasteiger partial charge in [-0.3, -0.25) is 0 Å². The van der Waals surface area contributed by atoms with Crippen LogP contribution in [-0.4, -0.2) is 40.3 Å². The molecule has 0 saturated carbocycles. The van der Waals surface area contributed by atoms with Crippen LogP contribution >= 0.6 is 0 Å². The topological polar surface area (TPSA) is 68.1 Å². The Kier molecular flexibility index (Phi) is 4.88. The number of hydrogen-bond donors (Lipinski definition) is 0. The first kappa shape index (κ1) is 18.9. The fourth-order valence-electron chi connectivity index (χ4n) is 3.77. The first-order chi connectivity index (χ1) is 13.3. The number of imidazole rings is 1. The van der Waals surface area contributed by atoms with Crippen molar-refractivity contribution in [2.45, 2.75) is 31.2 Å². The quantitative estimate of drug-likeness (QED) is 0.668.